The number of aliphatic hydroxyl groups excluding tert-OH is 6. The number of hydrogen-bond acceptors (Lipinski definition) is 6. The lowest BCUT2D eigenvalue weighted by Crippen LogP contribution is -2.47. The first-order chi connectivity index (χ1) is 13.3. The lowest BCUT2D eigenvalue weighted by atomic mass is 9.68. The van der Waals surface area contributed by atoms with E-state index in [9.17, 15) is 25.5 Å². The van der Waals surface area contributed by atoms with Crippen molar-refractivity contribution in [3.8, 4) is 0 Å². The van der Waals surface area contributed by atoms with Gasteiger partial charge in [-0.05, 0) is 35.7 Å². The number of aryl methyl sites for hydroxylation is 1. The van der Waals surface area contributed by atoms with Crippen LogP contribution in [0.15, 0.2) is 48.2 Å². The molecule has 1 aliphatic carbocycles. The monoisotopic (exact) mass is 406 g/mol. The summed E-state index contributed by atoms with van der Waals surface area (Å²) in [6, 6.07) is 12.8. The topological polar surface area (TPSA) is 121 Å². The van der Waals surface area contributed by atoms with E-state index < -0.39 is 36.8 Å². The van der Waals surface area contributed by atoms with Crippen LogP contribution in [-0.4, -0.2) is 61.7 Å². The third kappa shape index (κ3) is 3.67. The molecular weight excluding hydrogens is 384 g/mol. The summed E-state index contributed by atoms with van der Waals surface area (Å²) in [5.74, 6) is -0.867. The van der Waals surface area contributed by atoms with Gasteiger partial charge in [0.1, 0.15) is 30.2 Å². The summed E-state index contributed by atoms with van der Waals surface area (Å²) in [6.07, 6.45) is -7.21. The van der Waals surface area contributed by atoms with Crippen LogP contribution >= 0.6 is 11.6 Å². The maximum atomic E-state index is 10.7. The van der Waals surface area contributed by atoms with E-state index >= 15 is 0 Å². The molecule has 6 N–H and O–H groups in total. The summed E-state index contributed by atoms with van der Waals surface area (Å²) in [7, 11) is 0. The SMILES string of the molecule is Cc1ccc(C2C(=C(O)[C@H](O)[C@@H](O)[C@H](O)[C@H](O)CO)c3ccc(Cl)cc32)cc1. The molecule has 1 aliphatic rings. The van der Waals surface area contributed by atoms with Gasteiger partial charge in [-0.25, -0.2) is 0 Å². The second-order valence-electron chi connectivity index (χ2n) is 7.05. The molecule has 0 fully saturated rings. The Kier molecular flexibility index (Phi) is 6.09. The molecule has 0 bridgehead atoms. The maximum absolute atomic E-state index is 10.7. The van der Waals surface area contributed by atoms with E-state index in [0.29, 0.717) is 16.2 Å². The molecule has 5 atom stereocenters. The minimum absolute atomic E-state index is 0.365. The van der Waals surface area contributed by atoms with Crippen LogP contribution in [0.5, 0.6) is 0 Å². The first-order valence-electron chi connectivity index (χ1n) is 8.88. The summed E-state index contributed by atoms with van der Waals surface area (Å²) in [6.45, 7) is 1.16. The largest absolute Gasteiger partial charge is 0.509 e. The van der Waals surface area contributed by atoms with Crippen LogP contribution in [-0.2, 0) is 0 Å². The lowest BCUT2D eigenvalue weighted by molar-refractivity contribution is -0.112. The van der Waals surface area contributed by atoms with E-state index in [2.05, 4.69) is 0 Å². The van der Waals surface area contributed by atoms with Crippen LogP contribution in [0.25, 0.3) is 5.57 Å². The summed E-state index contributed by atoms with van der Waals surface area (Å²) in [4.78, 5) is 0. The Balaban J connectivity index is 2.03. The molecule has 0 spiro atoms. The van der Waals surface area contributed by atoms with Crippen molar-refractivity contribution in [2.75, 3.05) is 6.61 Å². The van der Waals surface area contributed by atoms with Gasteiger partial charge in [0.2, 0.25) is 0 Å². The maximum Gasteiger partial charge on any atom is 0.139 e. The van der Waals surface area contributed by atoms with Gasteiger partial charge in [0.15, 0.2) is 0 Å². The number of rotatable bonds is 6. The number of fused-ring (bicyclic) bond motifs is 1. The minimum Gasteiger partial charge on any atom is -0.509 e. The highest BCUT2D eigenvalue weighted by Gasteiger charge is 2.40. The zero-order chi connectivity index (χ0) is 20.6. The van der Waals surface area contributed by atoms with Crippen LogP contribution in [0.1, 0.15) is 28.2 Å². The molecule has 7 heteroatoms. The predicted octanol–water partition coefficient (Wildman–Crippen LogP) is 1.50. The molecule has 0 saturated heterocycles. The van der Waals surface area contributed by atoms with Gasteiger partial charge in [0, 0.05) is 16.5 Å². The minimum atomic E-state index is -1.88. The van der Waals surface area contributed by atoms with Crippen LogP contribution in [0.2, 0.25) is 5.02 Å². The smallest absolute Gasteiger partial charge is 0.139 e. The predicted molar refractivity (Wildman–Crippen MR) is 105 cm³/mol. The number of hydrogen-bond donors (Lipinski definition) is 6. The van der Waals surface area contributed by atoms with Crippen molar-refractivity contribution in [2.45, 2.75) is 37.3 Å². The summed E-state index contributed by atoms with van der Waals surface area (Å²) in [5, 5.41) is 60.0. The van der Waals surface area contributed by atoms with Crippen LogP contribution in [0.3, 0.4) is 0 Å². The van der Waals surface area contributed by atoms with E-state index in [1.54, 1.807) is 18.2 Å². The van der Waals surface area contributed by atoms with E-state index in [1.807, 2.05) is 31.2 Å². The normalized spacial score (nSPS) is 21.9. The molecule has 0 radical (unpaired) electrons. The fraction of sp³-hybridized carbons (Fsp3) is 0.333. The highest BCUT2D eigenvalue weighted by atomic mass is 35.5. The molecule has 28 heavy (non-hydrogen) atoms. The molecule has 150 valence electrons. The molecule has 6 nitrogen and oxygen atoms in total. The first-order valence-corrected chi connectivity index (χ1v) is 9.26. The Morgan fingerprint density at radius 1 is 1.00 bits per heavy atom. The first kappa shape index (κ1) is 20.8. The van der Waals surface area contributed by atoms with Gasteiger partial charge in [-0.3, -0.25) is 0 Å². The van der Waals surface area contributed by atoms with E-state index in [4.69, 9.17) is 16.7 Å². The Bertz CT molecular complexity index is 879. The van der Waals surface area contributed by atoms with E-state index in [-0.39, 0.29) is 5.92 Å². The molecule has 0 aromatic heterocycles. The van der Waals surface area contributed by atoms with Crippen LogP contribution in [0, 0.1) is 6.92 Å². The van der Waals surface area contributed by atoms with Crippen molar-refractivity contribution in [3.05, 3.63) is 75.5 Å². The Morgan fingerprint density at radius 2 is 1.64 bits per heavy atom. The number of aliphatic hydroxyl groups is 6. The van der Waals surface area contributed by atoms with E-state index in [1.165, 1.54) is 0 Å². The summed E-state index contributed by atoms with van der Waals surface area (Å²) < 4.78 is 0. The average molecular weight is 407 g/mol. The van der Waals surface area contributed by atoms with Crippen molar-refractivity contribution in [1.29, 1.82) is 0 Å². The number of benzene rings is 2. The molecule has 0 saturated carbocycles. The standard InChI is InChI=1S/C21H23ClO6/c1-10-2-4-11(5-3-10)16-14-8-12(22)6-7-13(14)17(16)19(26)21(28)20(27)18(25)15(24)9-23/h2-8,15-16,18,20-21,23-28H,9H2,1H3/t15-,16?,18-,20+,21+/m1/s1. The fourth-order valence-corrected chi connectivity index (χ4v) is 3.67. The number of allylic oxidation sites excluding steroid dienone is 1. The van der Waals surface area contributed by atoms with Crippen molar-refractivity contribution in [1.82, 2.24) is 0 Å². The van der Waals surface area contributed by atoms with Gasteiger partial charge in [-0.2, -0.15) is 0 Å². The van der Waals surface area contributed by atoms with Crippen molar-refractivity contribution in [2.24, 2.45) is 0 Å². The lowest BCUT2D eigenvalue weighted by Gasteiger charge is -2.37. The van der Waals surface area contributed by atoms with Gasteiger partial charge in [0.25, 0.3) is 0 Å². The third-order valence-electron chi connectivity index (χ3n) is 5.12. The summed E-state index contributed by atoms with van der Waals surface area (Å²) >= 11 is 6.11. The zero-order valence-corrected chi connectivity index (χ0v) is 16.0. The molecule has 2 aromatic carbocycles. The molecule has 0 aliphatic heterocycles. The Morgan fingerprint density at radius 3 is 2.25 bits per heavy atom. The number of halogens is 1. The molecular formula is C21H23ClO6. The molecule has 1 unspecified atom stereocenters. The quantitative estimate of drug-likeness (QED) is 0.404. The second kappa shape index (κ2) is 8.21. The van der Waals surface area contributed by atoms with Crippen LogP contribution in [0.4, 0.5) is 0 Å². The van der Waals surface area contributed by atoms with Gasteiger partial charge in [-0.1, -0.05) is 47.5 Å². The summed E-state index contributed by atoms with van der Waals surface area (Å²) in [5.41, 5.74) is 3.90. The fourth-order valence-electron chi connectivity index (χ4n) is 3.49. The molecule has 2 aromatic rings. The van der Waals surface area contributed by atoms with Gasteiger partial charge in [0.05, 0.1) is 6.61 Å². The zero-order valence-electron chi connectivity index (χ0n) is 15.2. The van der Waals surface area contributed by atoms with Gasteiger partial charge >= 0.3 is 0 Å². The third-order valence-corrected chi connectivity index (χ3v) is 5.36. The van der Waals surface area contributed by atoms with Crippen molar-refractivity contribution >= 4 is 17.2 Å². The molecule has 0 amide bonds. The second-order valence-corrected chi connectivity index (χ2v) is 7.49. The van der Waals surface area contributed by atoms with Gasteiger partial charge < -0.3 is 30.6 Å². The highest BCUT2D eigenvalue weighted by Crippen LogP contribution is 2.52. The Labute approximate surface area is 167 Å². The molecule has 0 heterocycles. The average Bonchev–Trinajstić information content (AvgIpc) is 2.68. The van der Waals surface area contributed by atoms with Gasteiger partial charge in [-0.15, -0.1) is 0 Å². The van der Waals surface area contributed by atoms with Crippen molar-refractivity contribution < 1.29 is 30.6 Å². The Hall–Kier alpha value is -1.93. The van der Waals surface area contributed by atoms with Crippen LogP contribution < -0.4 is 0 Å². The molecule has 3 rings (SSSR count). The van der Waals surface area contributed by atoms with E-state index in [0.717, 1.165) is 16.7 Å². The van der Waals surface area contributed by atoms with Crippen molar-refractivity contribution in [3.63, 3.8) is 0 Å². The highest BCUT2D eigenvalue weighted by molar-refractivity contribution is 6.30.